The van der Waals surface area contributed by atoms with Crippen LogP contribution in [0.5, 0.6) is 0 Å². The monoisotopic (exact) mass is 159 g/mol. The summed E-state index contributed by atoms with van der Waals surface area (Å²) in [4.78, 5) is 20.5. The molecule has 2 N–H and O–H groups in total. The van der Waals surface area contributed by atoms with E-state index in [0.29, 0.717) is 0 Å². The van der Waals surface area contributed by atoms with E-state index < -0.39 is 17.4 Å². The van der Waals surface area contributed by atoms with Crippen LogP contribution in [0.15, 0.2) is 0 Å². The first-order valence-electron chi connectivity index (χ1n) is 3.16. The lowest BCUT2D eigenvalue weighted by Crippen LogP contribution is -2.25. The number of hydrogen-bond acceptors (Lipinski definition) is 2. The summed E-state index contributed by atoms with van der Waals surface area (Å²) in [6.07, 6.45) is 1.04. The van der Waals surface area contributed by atoms with Gasteiger partial charge in [-0.25, -0.2) is 0 Å². The number of carbonyl (C=O) groups is 2. The Morgan fingerprint density at radius 2 is 1.82 bits per heavy atom. The van der Waals surface area contributed by atoms with Crippen molar-refractivity contribution in [2.75, 3.05) is 0 Å². The van der Waals surface area contributed by atoms with E-state index in [2.05, 4.69) is 0 Å². The molecule has 0 spiro atoms. The molecule has 63 valence electrons. The molecule has 0 unspecified atom stereocenters. The summed E-state index contributed by atoms with van der Waals surface area (Å²) in [5.74, 6) is -2.03. The fourth-order valence-corrected chi connectivity index (χ4v) is 0.430. The number of carboxylic acids is 2. The molecule has 0 rings (SSSR count). The highest BCUT2D eigenvalue weighted by molar-refractivity contribution is 5.77. The molecule has 4 nitrogen and oxygen atoms in total. The van der Waals surface area contributed by atoms with Gasteiger partial charge in [0.05, 0.1) is 5.41 Å². The fraction of sp³-hybridized carbons (Fsp3) is 0.571. The largest absolute Gasteiger partial charge is 0.481 e. The van der Waals surface area contributed by atoms with Gasteiger partial charge in [-0.2, -0.15) is 0 Å². The topological polar surface area (TPSA) is 74.6 Å². The van der Waals surface area contributed by atoms with Gasteiger partial charge in [0.1, 0.15) is 0 Å². The summed E-state index contributed by atoms with van der Waals surface area (Å²) in [7, 11) is 0. The van der Waals surface area contributed by atoms with E-state index in [-0.39, 0.29) is 6.42 Å². The molecule has 0 aromatic heterocycles. The highest BCUT2D eigenvalue weighted by Gasteiger charge is 2.27. The highest BCUT2D eigenvalue weighted by Crippen LogP contribution is 2.20. The lowest BCUT2D eigenvalue weighted by atomic mass is 9.88. The molecule has 0 aromatic carbocycles. The molecule has 0 aliphatic heterocycles. The minimum absolute atomic E-state index is 0.223. The van der Waals surface area contributed by atoms with E-state index in [1.54, 1.807) is 0 Å². The average Bonchev–Trinajstić information content (AvgIpc) is 1.84. The predicted octanol–water partition coefficient (Wildman–Crippen LogP) is 0.776. The molecule has 11 heavy (non-hydrogen) atoms. The normalized spacial score (nSPS) is 11.1. The van der Waals surface area contributed by atoms with Gasteiger partial charge in [0.25, 0.3) is 0 Å². The van der Waals surface area contributed by atoms with Gasteiger partial charge in [-0.15, -0.1) is 0 Å². The third-order valence-corrected chi connectivity index (χ3v) is 1.34. The van der Waals surface area contributed by atoms with Crippen molar-refractivity contribution < 1.29 is 19.8 Å². The van der Waals surface area contributed by atoms with Crippen molar-refractivity contribution in [1.29, 1.82) is 0 Å². The van der Waals surface area contributed by atoms with Crippen molar-refractivity contribution in [2.24, 2.45) is 5.41 Å². The third-order valence-electron chi connectivity index (χ3n) is 1.34. The molecule has 0 fully saturated rings. The second kappa shape index (κ2) is 3.37. The Labute approximate surface area is 64.8 Å². The number of aliphatic carboxylic acids is 2. The van der Waals surface area contributed by atoms with E-state index in [4.69, 9.17) is 10.2 Å². The van der Waals surface area contributed by atoms with Gasteiger partial charge in [0.15, 0.2) is 0 Å². The van der Waals surface area contributed by atoms with Crippen LogP contribution < -0.4 is 0 Å². The molecule has 0 aromatic rings. The quantitative estimate of drug-likeness (QED) is 0.635. The van der Waals surface area contributed by atoms with Crippen LogP contribution in [0.3, 0.4) is 0 Å². The fourth-order valence-electron chi connectivity index (χ4n) is 0.430. The number of carboxylic acid groups (broad SMARTS) is 2. The lowest BCUT2D eigenvalue weighted by molar-refractivity contribution is -0.145. The van der Waals surface area contributed by atoms with Gasteiger partial charge < -0.3 is 10.2 Å². The molecule has 0 aliphatic carbocycles. The van der Waals surface area contributed by atoms with Crippen LogP contribution in [0, 0.1) is 11.8 Å². The molecule has 0 bridgehead atoms. The zero-order valence-electron chi connectivity index (χ0n) is 6.50. The molecular formula is C7H11O4. The summed E-state index contributed by atoms with van der Waals surface area (Å²) in [5, 5.41) is 16.8. The smallest absolute Gasteiger partial charge is 0.309 e. The van der Waals surface area contributed by atoms with Gasteiger partial charge >= 0.3 is 11.9 Å². The Kier molecular flexibility index (Phi) is 3.04. The molecule has 0 atom stereocenters. The van der Waals surface area contributed by atoms with E-state index in [9.17, 15) is 9.59 Å². The van der Waals surface area contributed by atoms with Crippen molar-refractivity contribution in [1.82, 2.24) is 0 Å². The number of hydrogen-bond donors (Lipinski definition) is 2. The van der Waals surface area contributed by atoms with Crippen LogP contribution in [0.2, 0.25) is 0 Å². The Hall–Kier alpha value is -1.06. The van der Waals surface area contributed by atoms with Crippen LogP contribution in [-0.4, -0.2) is 22.2 Å². The van der Waals surface area contributed by atoms with Crippen LogP contribution >= 0.6 is 0 Å². The van der Waals surface area contributed by atoms with Gasteiger partial charge in [0, 0.05) is 6.42 Å². The lowest BCUT2D eigenvalue weighted by Gasteiger charge is -2.16. The molecule has 4 heteroatoms. The van der Waals surface area contributed by atoms with Crippen LogP contribution in [0.1, 0.15) is 20.3 Å². The zero-order valence-corrected chi connectivity index (χ0v) is 6.50. The van der Waals surface area contributed by atoms with E-state index in [0.717, 1.165) is 0 Å². The van der Waals surface area contributed by atoms with Crippen LogP contribution in [0.4, 0.5) is 0 Å². The van der Waals surface area contributed by atoms with Gasteiger partial charge in [-0.1, -0.05) is 0 Å². The predicted molar refractivity (Wildman–Crippen MR) is 38.0 cm³/mol. The van der Waals surface area contributed by atoms with Gasteiger partial charge in [-0.3, -0.25) is 9.59 Å². The maximum Gasteiger partial charge on any atom is 0.309 e. The molecular weight excluding hydrogens is 148 g/mol. The Morgan fingerprint density at radius 3 is 2.09 bits per heavy atom. The minimum atomic E-state index is -1.06. The standard InChI is InChI=1S/C7H11O4/c1-7(2,6(10)11)4-3-5(8)9/h4H,3H2,1-2H3,(H,8,9)(H,10,11). The Bertz CT molecular complexity index is 171. The molecule has 0 aliphatic rings. The molecule has 0 amide bonds. The van der Waals surface area contributed by atoms with Crippen LogP contribution in [-0.2, 0) is 9.59 Å². The first kappa shape index (κ1) is 9.94. The first-order valence-corrected chi connectivity index (χ1v) is 3.16. The summed E-state index contributed by atoms with van der Waals surface area (Å²) in [5.41, 5.74) is -1.06. The van der Waals surface area contributed by atoms with Crippen molar-refractivity contribution in [3.8, 4) is 0 Å². The first-order chi connectivity index (χ1) is 4.86. The Morgan fingerprint density at radius 1 is 1.36 bits per heavy atom. The second-order valence-corrected chi connectivity index (χ2v) is 2.83. The van der Waals surface area contributed by atoms with Crippen molar-refractivity contribution in [3.63, 3.8) is 0 Å². The third kappa shape index (κ3) is 3.60. The average molecular weight is 159 g/mol. The number of rotatable bonds is 4. The van der Waals surface area contributed by atoms with E-state index in [1.807, 2.05) is 0 Å². The molecule has 0 heterocycles. The molecule has 0 saturated carbocycles. The van der Waals surface area contributed by atoms with Crippen molar-refractivity contribution in [2.45, 2.75) is 20.3 Å². The van der Waals surface area contributed by atoms with E-state index >= 15 is 0 Å². The highest BCUT2D eigenvalue weighted by atomic mass is 16.4. The summed E-state index contributed by atoms with van der Waals surface area (Å²) < 4.78 is 0. The second-order valence-electron chi connectivity index (χ2n) is 2.83. The van der Waals surface area contributed by atoms with Crippen LogP contribution in [0.25, 0.3) is 0 Å². The Balaban J connectivity index is 3.92. The van der Waals surface area contributed by atoms with Gasteiger partial charge in [-0.05, 0) is 20.3 Å². The van der Waals surface area contributed by atoms with E-state index in [1.165, 1.54) is 20.3 Å². The summed E-state index contributed by atoms with van der Waals surface area (Å²) in [6, 6.07) is 0. The van der Waals surface area contributed by atoms with Crippen molar-refractivity contribution >= 4 is 11.9 Å². The molecule has 1 radical (unpaired) electrons. The SMILES string of the molecule is CC(C)([CH]CC(=O)O)C(=O)O. The summed E-state index contributed by atoms with van der Waals surface area (Å²) in [6.45, 7) is 2.91. The maximum absolute atomic E-state index is 10.4. The zero-order chi connectivity index (χ0) is 9.07. The van der Waals surface area contributed by atoms with Gasteiger partial charge in [0.2, 0.25) is 0 Å². The molecule has 0 saturated heterocycles. The minimum Gasteiger partial charge on any atom is -0.481 e. The maximum atomic E-state index is 10.4. The van der Waals surface area contributed by atoms with Crippen molar-refractivity contribution in [3.05, 3.63) is 6.42 Å². The summed E-state index contributed by atoms with van der Waals surface area (Å²) >= 11 is 0.